The molecule has 4 heteroatoms. The van der Waals surface area contributed by atoms with Gasteiger partial charge in [-0.25, -0.2) is 4.79 Å². The Morgan fingerprint density at radius 2 is 1.76 bits per heavy atom. The van der Waals surface area contributed by atoms with Crippen molar-refractivity contribution in [1.82, 2.24) is 4.90 Å². The van der Waals surface area contributed by atoms with Gasteiger partial charge < -0.3 is 10.0 Å². The van der Waals surface area contributed by atoms with Gasteiger partial charge in [-0.3, -0.25) is 4.79 Å². The molecule has 0 aromatic heterocycles. The normalized spacial score (nSPS) is 12.2. The van der Waals surface area contributed by atoms with Gasteiger partial charge in [0.25, 0.3) is 0 Å². The van der Waals surface area contributed by atoms with Crippen LogP contribution in [0.15, 0.2) is 24.3 Å². The minimum Gasteiger partial charge on any atom is -0.479 e. The van der Waals surface area contributed by atoms with Gasteiger partial charge in [0.2, 0.25) is 5.91 Å². The summed E-state index contributed by atoms with van der Waals surface area (Å²) in [5.74, 6) is -0.648. The van der Waals surface area contributed by atoms with E-state index in [4.69, 9.17) is 0 Å². The van der Waals surface area contributed by atoms with Gasteiger partial charge in [-0.05, 0) is 29.9 Å². The summed E-state index contributed by atoms with van der Waals surface area (Å²) in [6, 6.07) is 6.64. The Labute approximate surface area is 126 Å². The summed E-state index contributed by atoms with van der Waals surface area (Å²) in [5.41, 5.74) is 1.83. The van der Waals surface area contributed by atoms with Crippen LogP contribution < -0.4 is 0 Å². The molecule has 1 atom stereocenters. The van der Waals surface area contributed by atoms with Gasteiger partial charge in [0, 0.05) is 13.5 Å². The zero-order valence-corrected chi connectivity index (χ0v) is 13.3. The summed E-state index contributed by atoms with van der Waals surface area (Å²) in [4.78, 5) is 24.7. The number of carboxylic acids is 1. The zero-order valence-electron chi connectivity index (χ0n) is 13.3. The molecule has 0 fully saturated rings. The maximum absolute atomic E-state index is 11.7. The van der Waals surface area contributed by atoms with E-state index in [0.717, 1.165) is 12.8 Å². The second kappa shape index (κ2) is 7.81. The molecule has 0 bridgehead atoms. The molecule has 1 N–H and O–H groups in total. The Morgan fingerprint density at radius 3 is 2.14 bits per heavy atom. The van der Waals surface area contributed by atoms with Gasteiger partial charge in [0.15, 0.2) is 6.04 Å². The third kappa shape index (κ3) is 4.88. The van der Waals surface area contributed by atoms with E-state index in [1.54, 1.807) is 0 Å². The molecule has 0 aliphatic rings. The van der Waals surface area contributed by atoms with Crippen LogP contribution in [0, 0.1) is 5.92 Å². The number of aliphatic carboxylic acids is 1. The van der Waals surface area contributed by atoms with Crippen molar-refractivity contribution in [3.05, 3.63) is 35.4 Å². The van der Waals surface area contributed by atoms with E-state index in [-0.39, 0.29) is 5.91 Å². The van der Waals surface area contributed by atoms with E-state index in [1.165, 1.54) is 17.4 Å². The van der Waals surface area contributed by atoms with E-state index in [9.17, 15) is 14.7 Å². The minimum atomic E-state index is -0.991. The fourth-order valence-corrected chi connectivity index (χ4v) is 2.47. The van der Waals surface area contributed by atoms with Gasteiger partial charge >= 0.3 is 5.97 Å². The highest BCUT2D eigenvalue weighted by atomic mass is 16.4. The SMILES string of the molecule is CCCN(C(C)=O)C(C(=O)O)c1ccc(CC(C)C)cc1. The van der Waals surface area contributed by atoms with Crippen molar-refractivity contribution in [2.45, 2.75) is 46.6 Å². The summed E-state index contributed by atoms with van der Waals surface area (Å²) < 4.78 is 0. The van der Waals surface area contributed by atoms with Gasteiger partial charge in [-0.2, -0.15) is 0 Å². The molecular weight excluding hydrogens is 266 g/mol. The Kier molecular flexibility index (Phi) is 6.40. The average Bonchev–Trinajstić information content (AvgIpc) is 2.39. The molecule has 1 aromatic carbocycles. The summed E-state index contributed by atoms with van der Waals surface area (Å²) >= 11 is 0. The molecule has 1 aromatic rings. The summed E-state index contributed by atoms with van der Waals surface area (Å²) in [6.07, 6.45) is 1.69. The number of hydrogen-bond acceptors (Lipinski definition) is 2. The van der Waals surface area contributed by atoms with Crippen LogP contribution in [0.5, 0.6) is 0 Å². The first-order valence-corrected chi connectivity index (χ1v) is 7.45. The molecule has 0 aliphatic carbocycles. The van der Waals surface area contributed by atoms with Crippen LogP contribution in [0.4, 0.5) is 0 Å². The number of carboxylic acid groups (broad SMARTS) is 1. The van der Waals surface area contributed by atoms with Crippen LogP contribution in [0.3, 0.4) is 0 Å². The molecule has 1 amide bonds. The van der Waals surface area contributed by atoms with Crippen molar-refractivity contribution in [2.24, 2.45) is 5.92 Å². The molecule has 0 radical (unpaired) electrons. The fraction of sp³-hybridized carbons (Fsp3) is 0.529. The number of hydrogen-bond donors (Lipinski definition) is 1. The van der Waals surface area contributed by atoms with Crippen molar-refractivity contribution >= 4 is 11.9 Å². The zero-order chi connectivity index (χ0) is 16.0. The van der Waals surface area contributed by atoms with Crippen LogP contribution >= 0.6 is 0 Å². The number of carbonyl (C=O) groups excluding carboxylic acids is 1. The predicted molar refractivity (Wildman–Crippen MR) is 83.0 cm³/mol. The first-order valence-electron chi connectivity index (χ1n) is 7.45. The lowest BCUT2D eigenvalue weighted by Gasteiger charge is -2.28. The van der Waals surface area contributed by atoms with Crippen molar-refractivity contribution in [3.8, 4) is 0 Å². The molecule has 0 heterocycles. The fourth-order valence-electron chi connectivity index (χ4n) is 2.47. The number of amides is 1. The van der Waals surface area contributed by atoms with E-state index < -0.39 is 12.0 Å². The van der Waals surface area contributed by atoms with Gasteiger partial charge in [-0.15, -0.1) is 0 Å². The topological polar surface area (TPSA) is 57.6 Å². The van der Waals surface area contributed by atoms with Crippen LogP contribution in [0.2, 0.25) is 0 Å². The largest absolute Gasteiger partial charge is 0.479 e. The van der Waals surface area contributed by atoms with Crippen molar-refractivity contribution < 1.29 is 14.7 Å². The summed E-state index contributed by atoms with van der Waals surface area (Å²) in [6.45, 7) is 8.08. The quantitative estimate of drug-likeness (QED) is 0.838. The highest BCUT2D eigenvalue weighted by molar-refractivity contribution is 5.83. The predicted octanol–water partition coefficient (Wildman–Crippen LogP) is 3.27. The lowest BCUT2D eigenvalue weighted by molar-refractivity contribution is -0.149. The van der Waals surface area contributed by atoms with Crippen molar-refractivity contribution in [1.29, 1.82) is 0 Å². The molecule has 1 unspecified atom stereocenters. The highest BCUT2D eigenvalue weighted by Crippen LogP contribution is 2.23. The molecule has 0 spiro atoms. The monoisotopic (exact) mass is 291 g/mol. The van der Waals surface area contributed by atoms with Crippen molar-refractivity contribution in [2.75, 3.05) is 6.54 Å². The molecule has 0 aliphatic heterocycles. The van der Waals surface area contributed by atoms with Crippen LogP contribution in [-0.4, -0.2) is 28.4 Å². The third-order valence-corrected chi connectivity index (χ3v) is 3.35. The standard InChI is InChI=1S/C17H25NO3/c1-5-10-18(13(4)19)16(17(20)21)15-8-6-14(7-9-15)11-12(2)3/h6-9,12,16H,5,10-11H2,1-4H3,(H,20,21). The summed E-state index contributed by atoms with van der Waals surface area (Å²) in [7, 11) is 0. The van der Waals surface area contributed by atoms with Crippen molar-refractivity contribution in [3.63, 3.8) is 0 Å². The number of carbonyl (C=O) groups is 2. The number of nitrogens with zero attached hydrogens (tertiary/aromatic N) is 1. The van der Waals surface area contributed by atoms with Crippen LogP contribution in [0.1, 0.15) is 51.3 Å². The lowest BCUT2D eigenvalue weighted by atomic mass is 9.98. The van der Waals surface area contributed by atoms with E-state index in [1.807, 2.05) is 31.2 Å². The molecule has 4 nitrogen and oxygen atoms in total. The maximum Gasteiger partial charge on any atom is 0.331 e. The summed E-state index contributed by atoms with van der Waals surface area (Å²) in [5, 5.41) is 9.49. The van der Waals surface area contributed by atoms with Gasteiger partial charge in [-0.1, -0.05) is 45.0 Å². The van der Waals surface area contributed by atoms with E-state index in [0.29, 0.717) is 18.0 Å². The Morgan fingerprint density at radius 1 is 1.19 bits per heavy atom. The third-order valence-electron chi connectivity index (χ3n) is 3.35. The molecule has 21 heavy (non-hydrogen) atoms. The molecular formula is C17H25NO3. The molecule has 0 saturated carbocycles. The lowest BCUT2D eigenvalue weighted by Crippen LogP contribution is -2.38. The molecule has 0 saturated heterocycles. The second-order valence-electron chi connectivity index (χ2n) is 5.79. The Hall–Kier alpha value is -1.84. The van der Waals surface area contributed by atoms with Gasteiger partial charge in [0.05, 0.1) is 0 Å². The van der Waals surface area contributed by atoms with Crippen LogP contribution in [-0.2, 0) is 16.0 Å². The first kappa shape index (κ1) is 17.2. The minimum absolute atomic E-state index is 0.212. The van der Waals surface area contributed by atoms with E-state index >= 15 is 0 Å². The first-order chi connectivity index (χ1) is 9.86. The second-order valence-corrected chi connectivity index (χ2v) is 5.79. The number of rotatable bonds is 7. The maximum atomic E-state index is 11.7. The smallest absolute Gasteiger partial charge is 0.331 e. The number of benzene rings is 1. The van der Waals surface area contributed by atoms with Crippen LogP contribution in [0.25, 0.3) is 0 Å². The Balaban J connectivity index is 3.05. The highest BCUT2D eigenvalue weighted by Gasteiger charge is 2.28. The van der Waals surface area contributed by atoms with E-state index in [2.05, 4.69) is 13.8 Å². The average molecular weight is 291 g/mol. The Bertz CT molecular complexity index is 479. The molecule has 116 valence electrons. The van der Waals surface area contributed by atoms with Gasteiger partial charge in [0.1, 0.15) is 0 Å². The molecule has 1 rings (SSSR count).